The second-order valence-electron chi connectivity index (χ2n) is 4.34. The molecule has 5 aliphatic rings. The Bertz CT molecular complexity index is 121. The van der Waals surface area contributed by atoms with Crippen molar-refractivity contribution in [3.8, 4) is 0 Å². The van der Waals surface area contributed by atoms with Crippen LogP contribution < -0.4 is 5.32 Å². The summed E-state index contributed by atoms with van der Waals surface area (Å²) in [6.45, 7) is 1.34. The Labute approximate surface area is 62.2 Å². The standard InChI is InChI=1S/C9H15N/c1-2-7-3-8-5-10-9(7)4-6(1)8/h6-10H,1-5H2. The van der Waals surface area contributed by atoms with Crippen LogP contribution in [0.4, 0.5) is 0 Å². The molecule has 2 saturated heterocycles. The fourth-order valence-electron chi connectivity index (χ4n) is 3.36. The van der Waals surface area contributed by atoms with Gasteiger partial charge >= 0.3 is 0 Å². The summed E-state index contributed by atoms with van der Waals surface area (Å²) in [5, 5.41) is 3.65. The van der Waals surface area contributed by atoms with Gasteiger partial charge in [0, 0.05) is 6.04 Å². The average Bonchev–Trinajstić information content (AvgIpc) is 2.05. The molecule has 2 heterocycles. The van der Waals surface area contributed by atoms with Gasteiger partial charge < -0.3 is 5.32 Å². The van der Waals surface area contributed by atoms with E-state index >= 15 is 0 Å². The molecule has 0 amide bonds. The molecule has 1 heteroatoms. The summed E-state index contributed by atoms with van der Waals surface area (Å²) in [5.74, 6) is 3.27. The zero-order chi connectivity index (χ0) is 6.55. The van der Waals surface area contributed by atoms with Crippen molar-refractivity contribution < 1.29 is 0 Å². The van der Waals surface area contributed by atoms with E-state index in [1.54, 1.807) is 12.8 Å². The number of hydrogen-bond donors (Lipinski definition) is 1. The highest BCUT2D eigenvalue weighted by Crippen LogP contribution is 2.47. The predicted molar refractivity (Wildman–Crippen MR) is 40.7 cm³/mol. The van der Waals surface area contributed by atoms with E-state index in [1.165, 1.54) is 19.4 Å². The third kappa shape index (κ3) is 0.572. The predicted octanol–water partition coefficient (Wildman–Crippen LogP) is 1.39. The van der Waals surface area contributed by atoms with E-state index in [0.29, 0.717) is 0 Å². The van der Waals surface area contributed by atoms with E-state index in [1.807, 2.05) is 0 Å². The van der Waals surface area contributed by atoms with Crippen LogP contribution in [0.15, 0.2) is 0 Å². The third-order valence-electron chi connectivity index (χ3n) is 3.95. The Morgan fingerprint density at radius 3 is 2.30 bits per heavy atom. The van der Waals surface area contributed by atoms with Gasteiger partial charge in [-0.2, -0.15) is 0 Å². The molecule has 4 atom stereocenters. The molecule has 4 bridgehead atoms. The number of hydrogen-bond acceptors (Lipinski definition) is 1. The van der Waals surface area contributed by atoms with Gasteiger partial charge in [-0.25, -0.2) is 0 Å². The lowest BCUT2D eigenvalue weighted by Crippen LogP contribution is -2.57. The summed E-state index contributed by atoms with van der Waals surface area (Å²) < 4.78 is 0. The molecule has 3 aliphatic carbocycles. The molecular formula is C9H15N. The largest absolute Gasteiger partial charge is 0.313 e. The molecule has 0 aromatic rings. The number of nitrogens with one attached hydrogen (secondary N) is 1. The van der Waals surface area contributed by atoms with Crippen LogP contribution in [0, 0.1) is 17.8 Å². The summed E-state index contributed by atoms with van der Waals surface area (Å²) in [6.07, 6.45) is 6.14. The van der Waals surface area contributed by atoms with Gasteiger partial charge in [0.05, 0.1) is 0 Å². The first-order chi connectivity index (χ1) is 4.93. The Morgan fingerprint density at radius 1 is 0.900 bits per heavy atom. The molecule has 5 fully saturated rings. The highest BCUT2D eigenvalue weighted by atomic mass is 15.0. The van der Waals surface area contributed by atoms with Gasteiger partial charge in [-0.1, -0.05) is 0 Å². The normalized spacial score (nSPS) is 57.6. The first-order valence-electron chi connectivity index (χ1n) is 4.67. The zero-order valence-corrected chi connectivity index (χ0v) is 6.34. The smallest absolute Gasteiger partial charge is 0.00983 e. The minimum absolute atomic E-state index is 0.934. The molecule has 0 radical (unpaired) electrons. The van der Waals surface area contributed by atoms with Gasteiger partial charge in [-0.05, 0) is 50.0 Å². The Morgan fingerprint density at radius 2 is 1.80 bits per heavy atom. The van der Waals surface area contributed by atoms with Crippen LogP contribution >= 0.6 is 0 Å². The van der Waals surface area contributed by atoms with Crippen molar-refractivity contribution in [2.24, 2.45) is 17.8 Å². The van der Waals surface area contributed by atoms with Gasteiger partial charge in [0.1, 0.15) is 0 Å². The van der Waals surface area contributed by atoms with Crippen LogP contribution in [0.1, 0.15) is 25.7 Å². The molecular weight excluding hydrogens is 122 g/mol. The molecule has 1 N–H and O–H groups in total. The van der Waals surface area contributed by atoms with Crippen molar-refractivity contribution in [3.05, 3.63) is 0 Å². The van der Waals surface area contributed by atoms with E-state index in [-0.39, 0.29) is 0 Å². The molecule has 0 spiro atoms. The maximum atomic E-state index is 3.65. The van der Waals surface area contributed by atoms with E-state index in [2.05, 4.69) is 5.32 Å². The number of fused-ring (bicyclic) bond motifs is 2. The van der Waals surface area contributed by atoms with Gasteiger partial charge in [0.15, 0.2) is 0 Å². The van der Waals surface area contributed by atoms with Crippen molar-refractivity contribution >= 4 is 0 Å². The summed E-state index contributed by atoms with van der Waals surface area (Å²) in [6, 6.07) is 0.934. The third-order valence-corrected chi connectivity index (χ3v) is 3.95. The quantitative estimate of drug-likeness (QED) is 0.532. The Kier molecular flexibility index (Phi) is 0.984. The van der Waals surface area contributed by atoms with Crippen LogP contribution in [0.5, 0.6) is 0 Å². The Hall–Kier alpha value is -0.0400. The summed E-state index contributed by atoms with van der Waals surface area (Å²) in [5.41, 5.74) is 0. The lowest BCUT2D eigenvalue weighted by Gasteiger charge is -2.53. The average molecular weight is 137 g/mol. The summed E-state index contributed by atoms with van der Waals surface area (Å²) in [7, 11) is 0. The molecule has 0 aromatic heterocycles. The van der Waals surface area contributed by atoms with Crippen LogP contribution in [0.2, 0.25) is 0 Å². The SMILES string of the molecule is C1CC2CC3CNC2CC13. The minimum Gasteiger partial charge on any atom is -0.313 e. The fourth-order valence-corrected chi connectivity index (χ4v) is 3.36. The van der Waals surface area contributed by atoms with Crippen LogP contribution in [-0.4, -0.2) is 12.6 Å². The van der Waals surface area contributed by atoms with Crippen molar-refractivity contribution in [2.75, 3.05) is 6.54 Å². The molecule has 10 heavy (non-hydrogen) atoms. The van der Waals surface area contributed by atoms with E-state index in [4.69, 9.17) is 0 Å². The maximum absolute atomic E-state index is 3.65. The van der Waals surface area contributed by atoms with E-state index in [9.17, 15) is 0 Å². The number of rotatable bonds is 0. The lowest BCUT2D eigenvalue weighted by molar-refractivity contribution is 0.0153. The topological polar surface area (TPSA) is 12.0 Å². The van der Waals surface area contributed by atoms with Gasteiger partial charge in [-0.15, -0.1) is 0 Å². The lowest BCUT2D eigenvalue weighted by atomic mass is 9.60. The minimum atomic E-state index is 0.934. The van der Waals surface area contributed by atoms with Crippen molar-refractivity contribution in [3.63, 3.8) is 0 Å². The molecule has 5 rings (SSSR count). The molecule has 1 nitrogen and oxygen atoms in total. The zero-order valence-electron chi connectivity index (χ0n) is 6.34. The highest BCUT2D eigenvalue weighted by Gasteiger charge is 2.44. The van der Waals surface area contributed by atoms with Gasteiger partial charge in [0.25, 0.3) is 0 Å². The number of piperidine rings is 2. The highest BCUT2D eigenvalue weighted by molar-refractivity contribution is 4.99. The first-order valence-corrected chi connectivity index (χ1v) is 4.67. The van der Waals surface area contributed by atoms with Gasteiger partial charge in [-0.3, -0.25) is 0 Å². The second-order valence-corrected chi connectivity index (χ2v) is 4.34. The molecule has 4 unspecified atom stereocenters. The molecule has 2 aliphatic heterocycles. The fraction of sp³-hybridized carbons (Fsp3) is 1.00. The first kappa shape index (κ1) is 5.59. The van der Waals surface area contributed by atoms with Crippen molar-refractivity contribution in [1.82, 2.24) is 5.32 Å². The molecule has 0 aromatic carbocycles. The van der Waals surface area contributed by atoms with Gasteiger partial charge in [0.2, 0.25) is 0 Å². The maximum Gasteiger partial charge on any atom is 0.00983 e. The van der Waals surface area contributed by atoms with Crippen LogP contribution in [0.3, 0.4) is 0 Å². The van der Waals surface area contributed by atoms with Crippen LogP contribution in [0.25, 0.3) is 0 Å². The van der Waals surface area contributed by atoms with E-state index < -0.39 is 0 Å². The molecule has 3 saturated carbocycles. The summed E-state index contributed by atoms with van der Waals surface area (Å²) >= 11 is 0. The van der Waals surface area contributed by atoms with Crippen LogP contribution in [-0.2, 0) is 0 Å². The monoisotopic (exact) mass is 137 g/mol. The Balaban J connectivity index is 1.94. The van der Waals surface area contributed by atoms with Crippen molar-refractivity contribution in [2.45, 2.75) is 31.7 Å². The summed E-state index contributed by atoms with van der Waals surface area (Å²) in [4.78, 5) is 0. The second kappa shape index (κ2) is 1.76. The van der Waals surface area contributed by atoms with E-state index in [0.717, 1.165) is 23.8 Å². The van der Waals surface area contributed by atoms with Crippen molar-refractivity contribution in [1.29, 1.82) is 0 Å². The molecule has 56 valence electrons.